The number of H-pyrrole nitrogens is 1. The number of amides is 1. The van der Waals surface area contributed by atoms with E-state index in [1.807, 2.05) is 24.1 Å². The summed E-state index contributed by atoms with van der Waals surface area (Å²) in [6.45, 7) is 2.33. The SMILES string of the molecule is Cn1cnc2c1[C@@H](C(=O)NC1CC1)CN(Cc1cccc3[nH]ccc13)C2. The third-order valence-corrected chi connectivity index (χ3v) is 5.53. The van der Waals surface area contributed by atoms with Gasteiger partial charge in [-0.05, 0) is 30.5 Å². The van der Waals surface area contributed by atoms with E-state index in [4.69, 9.17) is 0 Å². The first kappa shape index (κ1) is 15.6. The quantitative estimate of drug-likeness (QED) is 0.759. The number of nitrogens with zero attached hydrogens (tertiary/aromatic N) is 3. The molecule has 0 spiro atoms. The average molecular weight is 349 g/mol. The van der Waals surface area contributed by atoms with Gasteiger partial charge in [-0.3, -0.25) is 9.69 Å². The molecule has 6 heteroatoms. The molecule has 2 aliphatic rings. The molecule has 6 nitrogen and oxygen atoms in total. The van der Waals surface area contributed by atoms with Gasteiger partial charge in [-0.2, -0.15) is 0 Å². The zero-order chi connectivity index (χ0) is 17.7. The van der Waals surface area contributed by atoms with Crippen LogP contribution in [0.3, 0.4) is 0 Å². The van der Waals surface area contributed by atoms with Crippen LogP contribution in [0.15, 0.2) is 36.8 Å². The van der Waals surface area contributed by atoms with Crippen LogP contribution in [0.5, 0.6) is 0 Å². The van der Waals surface area contributed by atoms with Crippen molar-refractivity contribution in [3.05, 3.63) is 53.7 Å². The fourth-order valence-corrected chi connectivity index (χ4v) is 4.06. The number of aromatic amines is 1. The maximum absolute atomic E-state index is 12.8. The van der Waals surface area contributed by atoms with Crippen LogP contribution < -0.4 is 5.32 Å². The first-order valence-electron chi connectivity index (χ1n) is 9.27. The minimum atomic E-state index is -0.155. The fourth-order valence-electron chi connectivity index (χ4n) is 4.06. The van der Waals surface area contributed by atoms with Gasteiger partial charge in [0, 0.05) is 49.8 Å². The molecule has 5 rings (SSSR count). The summed E-state index contributed by atoms with van der Waals surface area (Å²) < 4.78 is 2.01. The second-order valence-corrected chi connectivity index (χ2v) is 7.55. The van der Waals surface area contributed by atoms with E-state index in [0.717, 1.165) is 49.4 Å². The van der Waals surface area contributed by atoms with E-state index in [-0.39, 0.29) is 11.8 Å². The molecular formula is C20H23N5O. The molecular weight excluding hydrogens is 326 g/mol. The lowest BCUT2D eigenvalue weighted by Crippen LogP contribution is -2.42. The van der Waals surface area contributed by atoms with E-state index in [2.05, 4.69) is 44.5 Å². The molecule has 1 aromatic carbocycles. The highest BCUT2D eigenvalue weighted by atomic mass is 16.2. The summed E-state index contributed by atoms with van der Waals surface area (Å²) in [5.41, 5.74) is 4.53. The Hall–Kier alpha value is -2.60. The van der Waals surface area contributed by atoms with Crippen LogP contribution in [0.25, 0.3) is 10.9 Å². The molecule has 1 saturated carbocycles. The highest BCUT2D eigenvalue weighted by molar-refractivity contribution is 5.85. The van der Waals surface area contributed by atoms with Crippen molar-refractivity contribution >= 4 is 16.8 Å². The summed E-state index contributed by atoms with van der Waals surface area (Å²) in [7, 11) is 1.99. The molecule has 3 aromatic rings. The van der Waals surface area contributed by atoms with Gasteiger partial charge in [0.05, 0.1) is 23.6 Å². The highest BCUT2D eigenvalue weighted by Gasteiger charge is 2.36. The van der Waals surface area contributed by atoms with E-state index >= 15 is 0 Å². The van der Waals surface area contributed by atoms with Crippen LogP contribution in [0, 0.1) is 0 Å². The second-order valence-electron chi connectivity index (χ2n) is 7.55. The van der Waals surface area contributed by atoms with Gasteiger partial charge < -0.3 is 14.9 Å². The van der Waals surface area contributed by atoms with Crippen molar-refractivity contribution in [2.45, 2.75) is 37.9 Å². The maximum Gasteiger partial charge on any atom is 0.230 e. The average Bonchev–Trinajstić information content (AvgIpc) is 3.17. The molecule has 1 atom stereocenters. The van der Waals surface area contributed by atoms with Crippen LogP contribution in [-0.4, -0.2) is 37.9 Å². The summed E-state index contributed by atoms with van der Waals surface area (Å²) in [6.07, 6.45) is 6.03. The Morgan fingerprint density at radius 3 is 3.08 bits per heavy atom. The molecule has 1 fully saturated rings. The van der Waals surface area contributed by atoms with Crippen molar-refractivity contribution in [3.8, 4) is 0 Å². The first-order valence-corrected chi connectivity index (χ1v) is 9.27. The number of hydrogen-bond donors (Lipinski definition) is 2. The van der Waals surface area contributed by atoms with Crippen molar-refractivity contribution in [2.24, 2.45) is 7.05 Å². The zero-order valence-electron chi connectivity index (χ0n) is 14.9. The Labute approximate surface area is 152 Å². The number of carbonyl (C=O) groups excluding carboxylic acids is 1. The molecule has 26 heavy (non-hydrogen) atoms. The van der Waals surface area contributed by atoms with Gasteiger partial charge >= 0.3 is 0 Å². The molecule has 134 valence electrons. The molecule has 0 bridgehead atoms. The van der Waals surface area contributed by atoms with E-state index in [1.54, 1.807) is 0 Å². The number of benzene rings is 1. The number of aryl methyl sites for hydroxylation is 1. The molecule has 1 aliphatic heterocycles. The van der Waals surface area contributed by atoms with E-state index < -0.39 is 0 Å². The summed E-state index contributed by atoms with van der Waals surface area (Å²) in [6, 6.07) is 8.85. The Kier molecular flexibility index (Phi) is 3.60. The Morgan fingerprint density at radius 2 is 2.23 bits per heavy atom. The van der Waals surface area contributed by atoms with E-state index in [0.29, 0.717) is 6.04 Å². The minimum absolute atomic E-state index is 0.141. The maximum atomic E-state index is 12.8. The lowest BCUT2D eigenvalue weighted by Gasteiger charge is -2.32. The van der Waals surface area contributed by atoms with Crippen molar-refractivity contribution < 1.29 is 4.79 Å². The van der Waals surface area contributed by atoms with Gasteiger partial charge in [0.1, 0.15) is 0 Å². The van der Waals surface area contributed by atoms with Gasteiger partial charge in [0.25, 0.3) is 0 Å². The number of nitrogens with one attached hydrogen (secondary N) is 2. The van der Waals surface area contributed by atoms with Crippen molar-refractivity contribution in [1.29, 1.82) is 0 Å². The zero-order valence-corrected chi connectivity index (χ0v) is 14.9. The van der Waals surface area contributed by atoms with Gasteiger partial charge in [-0.25, -0.2) is 4.98 Å². The van der Waals surface area contributed by atoms with Crippen LogP contribution in [-0.2, 0) is 24.9 Å². The fraction of sp³-hybridized carbons (Fsp3) is 0.400. The largest absolute Gasteiger partial charge is 0.361 e. The minimum Gasteiger partial charge on any atom is -0.361 e. The van der Waals surface area contributed by atoms with Crippen molar-refractivity contribution in [1.82, 2.24) is 24.8 Å². The van der Waals surface area contributed by atoms with Crippen LogP contribution in [0.2, 0.25) is 0 Å². The second kappa shape index (κ2) is 5.99. The number of rotatable bonds is 4. The molecule has 1 aliphatic carbocycles. The molecule has 0 unspecified atom stereocenters. The molecule has 3 heterocycles. The predicted molar refractivity (Wildman–Crippen MR) is 99.5 cm³/mol. The topological polar surface area (TPSA) is 66.0 Å². The van der Waals surface area contributed by atoms with Crippen LogP contribution in [0.4, 0.5) is 0 Å². The van der Waals surface area contributed by atoms with Crippen molar-refractivity contribution in [3.63, 3.8) is 0 Å². The summed E-state index contributed by atoms with van der Waals surface area (Å²) in [4.78, 5) is 23.0. The highest BCUT2D eigenvalue weighted by Crippen LogP contribution is 2.31. The summed E-state index contributed by atoms with van der Waals surface area (Å²) in [5, 5.41) is 4.43. The Bertz CT molecular complexity index is 968. The molecule has 1 amide bonds. The number of fused-ring (bicyclic) bond motifs is 2. The normalized spacial score (nSPS) is 20.3. The lowest BCUT2D eigenvalue weighted by atomic mass is 9.96. The summed E-state index contributed by atoms with van der Waals surface area (Å²) >= 11 is 0. The smallest absolute Gasteiger partial charge is 0.230 e. The Morgan fingerprint density at radius 1 is 1.35 bits per heavy atom. The standard InChI is InChI=1S/C20H23N5O/c1-24-12-22-18-11-25(9-13-3-2-4-17-15(13)7-8-21-17)10-16(19(18)24)20(26)23-14-5-6-14/h2-4,7-8,12,14,16,21H,5-6,9-11H2,1H3,(H,23,26)/t16-/m0/s1. The third kappa shape index (κ3) is 2.70. The van der Waals surface area contributed by atoms with Gasteiger partial charge in [-0.15, -0.1) is 0 Å². The molecule has 0 radical (unpaired) electrons. The monoisotopic (exact) mass is 349 g/mol. The number of hydrogen-bond acceptors (Lipinski definition) is 3. The summed E-state index contributed by atoms with van der Waals surface area (Å²) in [5.74, 6) is -0.0146. The molecule has 2 N–H and O–H groups in total. The number of imidazole rings is 1. The lowest BCUT2D eigenvalue weighted by molar-refractivity contribution is -0.123. The van der Waals surface area contributed by atoms with Crippen molar-refractivity contribution in [2.75, 3.05) is 6.54 Å². The predicted octanol–water partition coefficient (Wildman–Crippen LogP) is 2.28. The number of carbonyl (C=O) groups is 1. The number of aromatic nitrogens is 3. The van der Waals surface area contributed by atoms with Gasteiger partial charge in [-0.1, -0.05) is 12.1 Å². The molecule has 2 aromatic heterocycles. The van der Waals surface area contributed by atoms with Gasteiger partial charge in [0.15, 0.2) is 0 Å². The first-order chi connectivity index (χ1) is 12.7. The van der Waals surface area contributed by atoms with E-state index in [9.17, 15) is 4.79 Å². The van der Waals surface area contributed by atoms with Gasteiger partial charge in [0.2, 0.25) is 5.91 Å². The van der Waals surface area contributed by atoms with Crippen LogP contribution in [0.1, 0.15) is 35.7 Å². The third-order valence-electron chi connectivity index (χ3n) is 5.53. The molecule has 0 saturated heterocycles. The Balaban J connectivity index is 1.43. The van der Waals surface area contributed by atoms with E-state index in [1.165, 1.54) is 10.9 Å². The van der Waals surface area contributed by atoms with Crippen LogP contribution >= 0.6 is 0 Å².